The molecule has 222 valence electrons. The van der Waals surface area contributed by atoms with Crippen LogP contribution in [0.25, 0.3) is 5.69 Å². The van der Waals surface area contributed by atoms with Gasteiger partial charge >= 0.3 is 5.69 Å². The number of hydrogen-bond donors (Lipinski definition) is 1. The van der Waals surface area contributed by atoms with Crippen LogP contribution < -0.4 is 20.8 Å². The van der Waals surface area contributed by atoms with Crippen molar-refractivity contribution in [2.75, 3.05) is 47.8 Å². The van der Waals surface area contributed by atoms with Crippen LogP contribution in [0.1, 0.15) is 44.0 Å². The van der Waals surface area contributed by atoms with Crippen LogP contribution in [-0.4, -0.2) is 63.8 Å². The molecule has 0 bridgehead atoms. The Morgan fingerprint density at radius 1 is 0.860 bits per heavy atom. The minimum Gasteiger partial charge on any atom is -0.369 e. The lowest BCUT2D eigenvalue weighted by atomic mass is 10.0. The summed E-state index contributed by atoms with van der Waals surface area (Å²) in [5, 5.41) is 7.36. The maximum absolute atomic E-state index is 13.8. The summed E-state index contributed by atoms with van der Waals surface area (Å²) in [5.74, 6) is -0.0863. The third kappa shape index (κ3) is 5.70. The summed E-state index contributed by atoms with van der Waals surface area (Å²) in [6.07, 6.45) is 2.39. The number of nitrogens with one attached hydrogen (secondary N) is 1. The third-order valence-corrected chi connectivity index (χ3v) is 8.35. The van der Waals surface area contributed by atoms with Crippen LogP contribution in [-0.2, 0) is 16.0 Å². The van der Waals surface area contributed by atoms with E-state index in [0.29, 0.717) is 25.3 Å². The molecule has 2 aliphatic rings. The summed E-state index contributed by atoms with van der Waals surface area (Å²) >= 11 is 0. The van der Waals surface area contributed by atoms with Gasteiger partial charge < -0.3 is 15.1 Å². The first kappa shape index (κ1) is 28.4. The molecule has 0 saturated carbocycles. The number of nitrogens with zero attached hydrogens (tertiary/aromatic N) is 6. The van der Waals surface area contributed by atoms with E-state index in [1.807, 2.05) is 86.6 Å². The summed E-state index contributed by atoms with van der Waals surface area (Å²) in [5.41, 5.74) is 5.32. The van der Waals surface area contributed by atoms with Gasteiger partial charge in [-0.15, -0.1) is 0 Å². The van der Waals surface area contributed by atoms with Crippen LogP contribution in [0.5, 0.6) is 0 Å². The van der Waals surface area contributed by atoms with Gasteiger partial charge in [0.15, 0.2) is 0 Å². The Morgan fingerprint density at radius 2 is 1.56 bits per heavy atom. The Hall–Kier alpha value is -4.70. The van der Waals surface area contributed by atoms with E-state index >= 15 is 0 Å². The first-order chi connectivity index (χ1) is 20.8. The number of amides is 2. The van der Waals surface area contributed by atoms with Crippen molar-refractivity contribution in [1.82, 2.24) is 19.2 Å². The molecule has 6 rings (SSSR count). The number of fused-ring (bicyclic) bond motifs is 1. The molecule has 3 aromatic carbocycles. The van der Waals surface area contributed by atoms with Crippen molar-refractivity contribution < 1.29 is 9.59 Å². The number of rotatable bonds is 7. The number of anilines is 3. The minimum absolute atomic E-state index is 0.00314. The largest absolute Gasteiger partial charge is 0.369 e. The van der Waals surface area contributed by atoms with E-state index in [2.05, 4.69) is 20.2 Å². The molecule has 2 aliphatic heterocycles. The van der Waals surface area contributed by atoms with Gasteiger partial charge in [0.2, 0.25) is 11.8 Å². The van der Waals surface area contributed by atoms with Crippen LogP contribution in [0.4, 0.5) is 17.1 Å². The first-order valence-corrected chi connectivity index (χ1v) is 14.8. The Labute approximate surface area is 251 Å². The molecule has 43 heavy (non-hydrogen) atoms. The van der Waals surface area contributed by atoms with E-state index < -0.39 is 6.04 Å². The summed E-state index contributed by atoms with van der Waals surface area (Å²) < 4.78 is 3.03. The molecule has 0 spiro atoms. The number of aromatic nitrogens is 3. The standard InChI is InChI=1S/C33H37N7O3/c1-23(2)40-33(43)39(22-34-40)29-13-11-28(12-14-29)36-17-19-37(20-18-36)31(26-7-5-4-6-8-26)32(42)35-27-10-9-25-15-16-38(24(3)41)30(25)21-27/h4-14,21-23,31H,15-20H2,1-3H3,(H,35,42). The number of carbonyl (C=O) groups is 2. The fourth-order valence-electron chi connectivity index (χ4n) is 6.07. The lowest BCUT2D eigenvalue weighted by molar-refractivity contribution is -0.121. The maximum atomic E-state index is 13.8. The molecule has 1 unspecified atom stereocenters. The molecule has 1 fully saturated rings. The van der Waals surface area contributed by atoms with Crippen molar-refractivity contribution in [2.24, 2.45) is 0 Å². The topological polar surface area (TPSA) is 95.7 Å². The number of benzene rings is 3. The predicted molar refractivity (Wildman–Crippen MR) is 168 cm³/mol. The van der Waals surface area contributed by atoms with Crippen LogP contribution in [0.15, 0.2) is 83.9 Å². The lowest BCUT2D eigenvalue weighted by Crippen LogP contribution is -2.50. The van der Waals surface area contributed by atoms with Crippen LogP contribution >= 0.6 is 0 Å². The maximum Gasteiger partial charge on any atom is 0.350 e. The third-order valence-electron chi connectivity index (χ3n) is 8.35. The predicted octanol–water partition coefficient (Wildman–Crippen LogP) is 4.03. The SMILES string of the molecule is CC(=O)N1CCc2ccc(NC(=O)C(c3ccccc3)N3CCN(c4ccc(-n5cnn(C(C)C)c5=O)cc4)CC3)cc21. The highest BCUT2D eigenvalue weighted by Crippen LogP contribution is 2.32. The fraction of sp³-hybridized carbons (Fsp3) is 0.333. The number of hydrogen-bond acceptors (Lipinski definition) is 6. The van der Waals surface area contributed by atoms with Crippen LogP contribution in [0, 0.1) is 0 Å². The molecular formula is C33H37N7O3. The number of piperazine rings is 1. The normalized spacial score (nSPS) is 15.9. The molecule has 1 saturated heterocycles. The Kier molecular flexibility index (Phi) is 7.86. The van der Waals surface area contributed by atoms with Gasteiger partial charge in [-0.2, -0.15) is 5.10 Å². The second-order valence-corrected chi connectivity index (χ2v) is 11.4. The summed E-state index contributed by atoms with van der Waals surface area (Å²) in [6.45, 7) is 9.04. The smallest absolute Gasteiger partial charge is 0.350 e. The fourth-order valence-corrected chi connectivity index (χ4v) is 6.07. The van der Waals surface area contributed by atoms with Gasteiger partial charge in [-0.3, -0.25) is 14.5 Å². The Morgan fingerprint density at radius 3 is 2.21 bits per heavy atom. The van der Waals surface area contributed by atoms with Gasteiger partial charge in [-0.1, -0.05) is 36.4 Å². The van der Waals surface area contributed by atoms with Gasteiger partial charge in [-0.25, -0.2) is 14.0 Å². The molecule has 10 nitrogen and oxygen atoms in total. The second-order valence-electron chi connectivity index (χ2n) is 11.4. The molecule has 1 aromatic heterocycles. The summed E-state index contributed by atoms with van der Waals surface area (Å²) in [6, 6.07) is 23.2. The molecular weight excluding hydrogens is 542 g/mol. The molecule has 1 N–H and O–H groups in total. The average molecular weight is 580 g/mol. The monoisotopic (exact) mass is 579 g/mol. The van der Waals surface area contributed by atoms with Crippen molar-refractivity contribution in [3.05, 3.63) is 101 Å². The van der Waals surface area contributed by atoms with E-state index in [4.69, 9.17) is 0 Å². The average Bonchev–Trinajstić information content (AvgIpc) is 3.62. The quantitative estimate of drug-likeness (QED) is 0.355. The zero-order valence-corrected chi connectivity index (χ0v) is 24.8. The van der Waals surface area contributed by atoms with Crippen LogP contribution in [0.2, 0.25) is 0 Å². The highest BCUT2D eigenvalue weighted by Gasteiger charge is 2.31. The van der Waals surface area contributed by atoms with E-state index in [9.17, 15) is 14.4 Å². The highest BCUT2D eigenvalue weighted by atomic mass is 16.2. The Balaban J connectivity index is 1.16. The van der Waals surface area contributed by atoms with Gasteiger partial charge in [0.1, 0.15) is 12.4 Å². The molecule has 1 atom stereocenters. The van der Waals surface area contributed by atoms with Gasteiger partial charge in [0.05, 0.1) is 11.7 Å². The van der Waals surface area contributed by atoms with E-state index in [1.165, 1.54) is 4.68 Å². The zero-order chi connectivity index (χ0) is 30.1. The van der Waals surface area contributed by atoms with E-state index in [1.54, 1.807) is 22.7 Å². The minimum atomic E-state index is -0.452. The van der Waals surface area contributed by atoms with Gasteiger partial charge in [0.25, 0.3) is 0 Å². The van der Waals surface area contributed by atoms with Gasteiger partial charge in [0, 0.05) is 56.7 Å². The van der Waals surface area contributed by atoms with E-state index in [-0.39, 0.29) is 23.5 Å². The Bertz CT molecular complexity index is 1670. The van der Waals surface area contributed by atoms with E-state index in [0.717, 1.165) is 47.7 Å². The van der Waals surface area contributed by atoms with Crippen LogP contribution in [0.3, 0.4) is 0 Å². The van der Waals surface area contributed by atoms with Gasteiger partial charge in [-0.05, 0) is 67.8 Å². The first-order valence-electron chi connectivity index (χ1n) is 14.8. The van der Waals surface area contributed by atoms with Crippen molar-refractivity contribution >= 4 is 28.9 Å². The zero-order valence-electron chi connectivity index (χ0n) is 24.8. The van der Waals surface area contributed by atoms with Crippen molar-refractivity contribution in [1.29, 1.82) is 0 Å². The number of carbonyl (C=O) groups excluding carboxylic acids is 2. The molecule has 4 aromatic rings. The molecule has 0 aliphatic carbocycles. The van der Waals surface area contributed by atoms with Crippen molar-refractivity contribution in [3.8, 4) is 5.69 Å². The van der Waals surface area contributed by atoms with Crippen molar-refractivity contribution in [3.63, 3.8) is 0 Å². The summed E-state index contributed by atoms with van der Waals surface area (Å²) in [7, 11) is 0. The highest BCUT2D eigenvalue weighted by molar-refractivity contribution is 5.98. The molecule has 10 heteroatoms. The summed E-state index contributed by atoms with van der Waals surface area (Å²) in [4.78, 5) is 44.9. The second kappa shape index (κ2) is 11.9. The van der Waals surface area contributed by atoms with Crippen molar-refractivity contribution in [2.45, 2.75) is 39.3 Å². The molecule has 3 heterocycles. The lowest BCUT2D eigenvalue weighted by Gasteiger charge is -2.39. The molecule has 0 radical (unpaired) electrons. The molecule has 2 amide bonds.